The second kappa shape index (κ2) is 22.5. The second-order valence-corrected chi connectivity index (χ2v) is 17.2. The lowest BCUT2D eigenvalue weighted by Crippen LogP contribution is -2.46. The van der Waals surface area contributed by atoms with Crippen molar-refractivity contribution in [2.24, 2.45) is 28.8 Å². The minimum absolute atomic E-state index is 0.0432. The van der Waals surface area contributed by atoms with E-state index in [-0.39, 0.29) is 51.1 Å². The van der Waals surface area contributed by atoms with E-state index in [1.807, 2.05) is 0 Å². The van der Waals surface area contributed by atoms with Crippen molar-refractivity contribution < 1.29 is 63.7 Å². The predicted molar refractivity (Wildman–Crippen MR) is 240 cm³/mol. The van der Waals surface area contributed by atoms with E-state index in [0.717, 1.165) is 31.9 Å². The number of hydrogen-bond acceptors (Lipinski definition) is 14. The summed E-state index contributed by atoms with van der Waals surface area (Å²) >= 11 is 0. The number of allylic oxidation sites excluding steroid dienone is 2. The third-order valence-corrected chi connectivity index (χ3v) is 12.4. The van der Waals surface area contributed by atoms with E-state index in [9.17, 15) is 39.9 Å². The van der Waals surface area contributed by atoms with Gasteiger partial charge in [0, 0.05) is 61.2 Å². The summed E-state index contributed by atoms with van der Waals surface area (Å²) in [5.74, 6) is -8.54. The largest absolute Gasteiger partial charge is 0.507 e. The Morgan fingerprint density at radius 3 is 2.17 bits per heavy atom. The zero-order valence-corrected chi connectivity index (χ0v) is 38.4. The van der Waals surface area contributed by atoms with Gasteiger partial charge in [0.05, 0.1) is 53.0 Å². The molecule has 0 fully saturated rings. The lowest BCUT2D eigenvalue weighted by Gasteiger charge is -2.38. The van der Waals surface area contributed by atoms with Crippen LogP contribution in [-0.4, -0.2) is 93.3 Å². The lowest BCUT2D eigenvalue weighted by molar-refractivity contribution is -0.160. The number of oxime groups is 1. The number of aliphatic hydroxyl groups is 2. The fourth-order valence-electron chi connectivity index (χ4n) is 8.32. The number of unbranched alkanes of at least 4 members (excludes halogenated alkanes) is 7. The molecule has 3 heterocycles. The van der Waals surface area contributed by atoms with Gasteiger partial charge in [-0.05, 0) is 32.8 Å². The van der Waals surface area contributed by atoms with Crippen LogP contribution >= 0.6 is 0 Å². The molecule has 0 unspecified atom stereocenters. The number of Topliss-reactive ketones (excluding diaryl/α,β-unsaturated/α-hetero) is 1. The Kier molecular flexibility index (Phi) is 18.0. The normalized spacial score (nSPS) is 27.1. The highest BCUT2D eigenvalue weighted by Crippen LogP contribution is 2.55. The van der Waals surface area contributed by atoms with Crippen molar-refractivity contribution in [3.05, 3.63) is 52.8 Å². The smallest absolute Gasteiger partial charge is 0.312 e. The molecule has 5 rings (SSSR count). The molecule has 2 aromatic rings. The molecule has 3 aliphatic rings. The Morgan fingerprint density at radius 2 is 1.54 bits per heavy atom. The summed E-state index contributed by atoms with van der Waals surface area (Å²) in [5, 5.41) is 64.5. The van der Waals surface area contributed by atoms with E-state index in [1.54, 1.807) is 39.8 Å². The van der Waals surface area contributed by atoms with Gasteiger partial charge in [-0.2, -0.15) is 0 Å². The number of ether oxygens (including phenoxy) is 4. The van der Waals surface area contributed by atoms with Crippen LogP contribution in [-0.2, 0) is 28.6 Å². The topological polar surface area (TPSA) is 223 Å². The maximum Gasteiger partial charge on any atom is 0.312 e. The summed E-state index contributed by atoms with van der Waals surface area (Å²) < 4.78 is 23.6. The van der Waals surface area contributed by atoms with Crippen LogP contribution < -0.4 is 10.1 Å². The molecule has 0 saturated heterocycles. The number of aliphatic hydroxyl groups excluding tert-OH is 2. The number of anilines is 1. The Bertz CT molecular complexity index is 2080. The molecular weight excluding hydrogens is 813 g/mol. The number of benzene rings is 2. The number of ketones is 1. The number of fused-ring (bicyclic) bond motifs is 14. The first kappa shape index (κ1) is 50.5. The molecule has 15 heteroatoms. The number of carbonyl (C=O) groups excluding carboxylic acids is 3. The maximum absolute atomic E-state index is 14.4. The van der Waals surface area contributed by atoms with E-state index in [0.29, 0.717) is 0 Å². The summed E-state index contributed by atoms with van der Waals surface area (Å²) in [6.07, 6.45) is 13.3. The number of carbonyl (C=O) groups is 3. The number of phenolic OH excluding ortho intramolecular Hbond substituents is 3. The quantitative estimate of drug-likeness (QED) is 0.0279. The molecule has 0 saturated carbocycles. The standard InChI is InChI=1S/C48H68N2O13/c1-11-12-13-14-15-16-17-18-23-61-49-25-33-38-43(56)36-35(42(33)55)37-45(31(7)41(36)54)63-48(9,46(37)57)60-24-22-34(59-10)28(4)44(62-32(8)51)30(6)40(53)29(5)39(52)26(2)20-19-21-27(3)47(58)50-38/h19-22,24-26,28-30,34,39-40,44,52-56H,11-18,23H2,1-10H3,(H,50,58)/t26-,28-,29+,30+,34-,39-,40+,44-,48-/m0/s1. The molecule has 348 valence electrons. The molecule has 0 aliphatic carbocycles. The molecule has 6 N–H and O–H groups in total. The minimum atomic E-state index is -2.06. The van der Waals surface area contributed by atoms with Gasteiger partial charge in [0.15, 0.2) is 5.75 Å². The Morgan fingerprint density at radius 1 is 0.889 bits per heavy atom. The second-order valence-electron chi connectivity index (χ2n) is 17.2. The fraction of sp³-hybridized carbons (Fsp3) is 0.583. The molecule has 9 atom stereocenters. The molecule has 3 aliphatic heterocycles. The van der Waals surface area contributed by atoms with Gasteiger partial charge in [-0.25, -0.2) is 0 Å². The van der Waals surface area contributed by atoms with Gasteiger partial charge in [0.25, 0.3) is 11.7 Å². The predicted octanol–water partition coefficient (Wildman–Crippen LogP) is 8.25. The zero-order valence-electron chi connectivity index (χ0n) is 38.4. The van der Waals surface area contributed by atoms with Crippen molar-refractivity contribution in [3.8, 4) is 23.0 Å². The van der Waals surface area contributed by atoms with E-state index >= 15 is 0 Å². The SMILES string of the molecule is CCCCCCCCCCON=Cc1c2c(O)c3c(O)c(C)c4c(c3c1O)C(=O)[C@@](C)(OC=C[C@H](OC)[C@H](C)[C@H](OC(C)=O)[C@H](C)[C@H](O)[C@H](C)[C@@H](O)[C@@H](C)C=CC=C(C)C(=O)N2)O4. The van der Waals surface area contributed by atoms with Crippen LogP contribution in [0.5, 0.6) is 23.0 Å². The van der Waals surface area contributed by atoms with Gasteiger partial charge < -0.3 is 54.6 Å². The molecule has 0 aromatic heterocycles. The molecule has 2 aromatic carbocycles. The molecule has 0 spiro atoms. The highest BCUT2D eigenvalue weighted by Gasteiger charge is 2.50. The average Bonchev–Trinajstić information content (AvgIpc) is 3.51. The summed E-state index contributed by atoms with van der Waals surface area (Å²) in [4.78, 5) is 46.1. The van der Waals surface area contributed by atoms with E-state index in [1.165, 1.54) is 78.9 Å². The number of rotatable bonds is 13. The van der Waals surface area contributed by atoms with Crippen molar-refractivity contribution in [1.29, 1.82) is 0 Å². The van der Waals surface area contributed by atoms with E-state index < -0.39 is 88.8 Å². The van der Waals surface area contributed by atoms with Crippen molar-refractivity contribution >= 4 is 40.3 Å². The van der Waals surface area contributed by atoms with Crippen LogP contribution in [0.15, 0.2) is 41.3 Å². The molecule has 63 heavy (non-hydrogen) atoms. The van der Waals surface area contributed by atoms with Gasteiger partial charge in [-0.15, -0.1) is 0 Å². The van der Waals surface area contributed by atoms with Crippen molar-refractivity contribution in [3.63, 3.8) is 0 Å². The van der Waals surface area contributed by atoms with E-state index in [2.05, 4.69) is 17.4 Å². The van der Waals surface area contributed by atoms with Crippen LogP contribution in [0, 0.1) is 30.6 Å². The molecular formula is C48H68N2O13. The fourth-order valence-corrected chi connectivity index (χ4v) is 8.32. The van der Waals surface area contributed by atoms with Gasteiger partial charge in [0.1, 0.15) is 30.0 Å². The number of hydrogen-bond donors (Lipinski definition) is 6. The number of methoxy groups -OCH3 is 1. The van der Waals surface area contributed by atoms with Crippen LogP contribution in [0.25, 0.3) is 10.8 Å². The number of nitrogens with zero attached hydrogens (tertiary/aromatic N) is 1. The summed E-state index contributed by atoms with van der Waals surface area (Å²) in [6.45, 7) is 14.9. The first-order chi connectivity index (χ1) is 29.8. The van der Waals surface area contributed by atoms with Crippen molar-refractivity contribution in [2.45, 2.75) is 144 Å². The van der Waals surface area contributed by atoms with Gasteiger partial charge in [-0.1, -0.05) is 96.5 Å². The summed E-state index contributed by atoms with van der Waals surface area (Å²) in [5.41, 5.74) is -0.533. The molecule has 1 amide bonds. The Balaban J connectivity index is 1.85. The van der Waals surface area contributed by atoms with Crippen LogP contribution in [0.2, 0.25) is 0 Å². The number of nitrogens with one attached hydrogen (secondary N) is 1. The highest BCUT2D eigenvalue weighted by molar-refractivity contribution is 6.23. The van der Waals surface area contributed by atoms with Gasteiger partial charge >= 0.3 is 11.8 Å². The zero-order chi connectivity index (χ0) is 46.8. The van der Waals surface area contributed by atoms with Crippen LogP contribution in [0.3, 0.4) is 0 Å². The van der Waals surface area contributed by atoms with Crippen molar-refractivity contribution in [2.75, 3.05) is 19.0 Å². The van der Waals surface area contributed by atoms with Crippen LogP contribution in [0.4, 0.5) is 5.69 Å². The molecule has 5 bridgehead atoms. The highest BCUT2D eigenvalue weighted by atomic mass is 16.7. The number of esters is 1. The van der Waals surface area contributed by atoms with Crippen LogP contribution in [0.1, 0.15) is 128 Å². The van der Waals surface area contributed by atoms with Crippen molar-refractivity contribution in [1.82, 2.24) is 0 Å². The summed E-state index contributed by atoms with van der Waals surface area (Å²) in [7, 11) is 1.43. The number of aromatic hydroxyl groups is 3. The maximum atomic E-state index is 14.4. The van der Waals surface area contributed by atoms with Gasteiger partial charge in [-0.3, -0.25) is 14.4 Å². The minimum Gasteiger partial charge on any atom is -0.507 e. The average molecular weight is 881 g/mol. The first-order valence-corrected chi connectivity index (χ1v) is 22.1. The third kappa shape index (κ3) is 11.5. The Hall–Kier alpha value is -5.12. The Labute approximate surface area is 370 Å². The monoisotopic (exact) mass is 880 g/mol. The molecule has 15 nitrogen and oxygen atoms in total. The number of amides is 1. The lowest BCUT2D eigenvalue weighted by atomic mass is 9.78. The first-order valence-electron chi connectivity index (χ1n) is 22.1. The van der Waals surface area contributed by atoms with E-state index in [4.69, 9.17) is 23.8 Å². The number of phenols is 3. The van der Waals surface area contributed by atoms with Gasteiger partial charge in [0.2, 0.25) is 0 Å². The molecule has 0 radical (unpaired) electrons. The third-order valence-electron chi connectivity index (χ3n) is 12.4. The summed E-state index contributed by atoms with van der Waals surface area (Å²) in [6, 6.07) is 0.